The van der Waals surface area contributed by atoms with Crippen molar-refractivity contribution in [2.75, 3.05) is 11.1 Å². The van der Waals surface area contributed by atoms with E-state index in [4.69, 9.17) is 11.6 Å². The fourth-order valence-electron chi connectivity index (χ4n) is 1.36. The zero-order valence-corrected chi connectivity index (χ0v) is 12.8. The quantitative estimate of drug-likeness (QED) is 0.505. The van der Waals surface area contributed by atoms with E-state index in [1.165, 1.54) is 5.56 Å². The SMILES string of the molecule is O=C(CBr)CCCCSCc1ccc(Cl)cc1. The molecule has 0 atom stereocenters. The van der Waals surface area contributed by atoms with Crippen molar-refractivity contribution in [2.24, 2.45) is 0 Å². The number of Topliss-reactive ketones (excluding diaryl/α,β-unsaturated/α-hetero) is 1. The fraction of sp³-hybridized carbons (Fsp3) is 0.462. The predicted molar refractivity (Wildman–Crippen MR) is 80.3 cm³/mol. The highest BCUT2D eigenvalue weighted by Crippen LogP contribution is 2.16. The summed E-state index contributed by atoms with van der Waals surface area (Å²) in [5, 5.41) is 1.28. The molecule has 0 aromatic heterocycles. The summed E-state index contributed by atoms with van der Waals surface area (Å²) in [6.45, 7) is 0. The predicted octanol–water partition coefficient (Wildman–Crippen LogP) is 4.71. The molecule has 0 bridgehead atoms. The Labute approximate surface area is 120 Å². The van der Waals surface area contributed by atoms with Crippen LogP contribution in [0.4, 0.5) is 0 Å². The van der Waals surface area contributed by atoms with E-state index in [0.717, 1.165) is 29.4 Å². The summed E-state index contributed by atoms with van der Waals surface area (Å²) >= 11 is 10.9. The van der Waals surface area contributed by atoms with E-state index in [9.17, 15) is 4.79 Å². The van der Waals surface area contributed by atoms with E-state index in [0.29, 0.717) is 17.5 Å². The van der Waals surface area contributed by atoms with E-state index in [-0.39, 0.29) is 0 Å². The molecule has 0 amide bonds. The van der Waals surface area contributed by atoms with Gasteiger partial charge in [0.15, 0.2) is 0 Å². The molecule has 0 unspecified atom stereocenters. The second kappa shape index (κ2) is 9.01. The number of benzene rings is 1. The first-order chi connectivity index (χ1) is 8.22. The van der Waals surface area contributed by atoms with Crippen LogP contribution in [-0.4, -0.2) is 16.9 Å². The van der Waals surface area contributed by atoms with Crippen molar-refractivity contribution in [3.63, 3.8) is 0 Å². The van der Waals surface area contributed by atoms with Gasteiger partial charge >= 0.3 is 0 Å². The first-order valence-electron chi connectivity index (χ1n) is 5.62. The average Bonchev–Trinajstić information content (AvgIpc) is 2.35. The molecule has 1 aromatic carbocycles. The first kappa shape index (κ1) is 15.1. The van der Waals surface area contributed by atoms with Crippen LogP contribution in [0.3, 0.4) is 0 Å². The Morgan fingerprint density at radius 2 is 1.94 bits per heavy atom. The number of hydrogen-bond acceptors (Lipinski definition) is 2. The van der Waals surface area contributed by atoms with Gasteiger partial charge in [-0.1, -0.05) is 39.7 Å². The van der Waals surface area contributed by atoms with Crippen molar-refractivity contribution in [1.82, 2.24) is 0 Å². The molecule has 4 heteroatoms. The maximum Gasteiger partial charge on any atom is 0.143 e. The molecule has 0 fully saturated rings. The van der Waals surface area contributed by atoms with Crippen molar-refractivity contribution in [2.45, 2.75) is 25.0 Å². The molecule has 17 heavy (non-hydrogen) atoms. The topological polar surface area (TPSA) is 17.1 Å². The zero-order chi connectivity index (χ0) is 12.5. The number of alkyl halides is 1. The van der Waals surface area contributed by atoms with Gasteiger partial charge in [0.1, 0.15) is 5.78 Å². The number of unbranched alkanes of at least 4 members (excludes halogenated alkanes) is 1. The smallest absolute Gasteiger partial charge is 0.143 e. The molecule has 94 valence electrons. The number of halogens is 2. The van der Waals surface area contributed by atoms with Gasteiger partial charge < -0.3 is 0 Å². The lowest BCUT2D eigenvalue weighted by Gasteiger charge is -2.02. The van der Waals surface area contributed by atoms with E-state index in [1.54, 1.807) is 0 Å². The normalized spacial score (nSPS) is 10.5. The number of rotatable bonds is 8. The summed E-state index contributed by atoms with van der Waals surface area (Å²) in [6, 6.07) is 7.96. The van der Waals surface area contributed by atoms with Crippen LogP contribution in [0.2, 0.25) is 5.02 Å². The van der Waals surface area contributed by atoms with Gasteiger partial charge in [0.05, 0.1) is 5.33 Å². The molecule has 0 spiro atoms. The summed E-state index contributed by atoms with van der Waals surface area (Å²) in [4.78, 5) is 11.0. The molecule has 0 aliphatic rings. The maximum absolute atomic E-state index is 11.0. The van der Waals surface area contributed by atoms with Crippen LogP contribution in [0.5, 0.6) is 0 Å². The molecule has 0 saturated heterocycles. The van der Waals surface area contributed by atoms with Gasteiger partial charge in [0.25, 0.3) is 0 Å². The van der Waals surface area contributed by atoms with E-state index < -0.39 is 0 Å². The fourth-order valence-corrected chi connectivity index (χ4v) is 2.75. The summed E-state index contributed by atoms with van der Waals surface area (Å²) in [5.41, 5.74) is 1.30. The molecule has 1 rings (SSSR count). The Bertz CT molecular complexity index is 340. The third-order valence-corrected chi connectivity index (χ3v) is 4.32. The summed E-state index contributed by atoms with van der Waals surface area (Å²) < 4.78 is 0. The Hall–Kier alpha value is 0.01000. The standard InChI is InChI=1S/C13H16BrClOS/c14-9-13(16)3-1-2-8-17-10-11-4-6-12(15)7-5-11/h4-7H,1-3,8-10H2. The monoisotopic (exact) mass is 334 g/mol. The van der Waals surface area contributed by atoms with Crippen molar-refractivity contribution >= 4 is 45.1 Å². The van der Waals surface area contributed by atoms with Gasteiger partial charge in [-0.3, -0.25) is 4.79 Å². The summed E-state index contributed by atoms with van der Waals surface area (Å²) in [7, 11) is 0. The van der Waals surface area contributed by atoms with Crippen LogP contribution in [0.25, 0.3) is 0 Å². The highest BCUT2D eigenvalue weighted by Gasteiger charge is 1.99. The minimum absolute atomic E-state index is 0.299. The Kier molecular flexibility index (Phi) is 7.99. The van der Waals surface area contributed by atoms with Crippen molar-refractivity contribution in [3.05, 3.63) is 34.9 Å². The molecule has 1 aromatic rings. The lowest BCUT2D eigenvalue weighted by atomic mass is 10.2. The number of hydrogen-bond donors (Lipinski definition) is 0. The van der Waals surface area contributed by atoms with E-state index in [1.807, 2.05) is 23.9 Å². The number of carbonyl (C=O) groups excluding carboxylic acids is 1. The molecule has 0 aliphatic heterocycles. The highest BCUT2D eigenvalue weighted by atomic mass is 79.9. The van der Waals surface area contributed by atoms with Crippen LogP contribution in [0.1, 0.15) is 24.8 Å². The van der Waals surface area contributed by atoms with Gasteiger partial charge in [-0.25, -0.2) is 0 Å². The minimum Gasteiger partial charge on any atom is -0.299 e. The molecule has 0 aliphatic carbocycles. The molecular weight excluding hydrogens is 320 g/mol. The van der Waals surface area contributed by atoms with Crippen LogP contribution < -0.4 is 0 Å². The van der Waals surface area contributed by atoms with Crippen molar-refractivity contribution in [3.8, 4) is 0 Å². The molecule has 0 heterocycles. The third-order valence-electron chi connectivity index (χ3n) is 2.33. The number of carbonyl (C=O) groups is 1. The van der Waals surface area contributed by atoms with Crippen molar-refractivity contribution in [1.29, 1.82) is 0 Å². The highest BCUT2D eigenvalue weighted by molar-refractivity contribution is 9.09. The van der Waals surface area contributed by atoms with Crippen LogP contribution >= 0.6 is 39.3 Å². The Morgan fingerprint density at radius 1 is 1.24 bits per heavy atom. The zero-order valence-electron chi connectivity index (χ0n) is 9.62. The summed E-state index contributed by atoms with van der Waals surface area (Å²) in [6.07, 6.45) is 2.81. The molecule has 0 radical (unpaired) electrons. The average molecular weight is 336 g/mol. The van der Waals surface area contributed by atoms with E-state index in [2.05, 4.69) is 28.1 Å². The number of thioether (sulfide) groups is 1. The number of ketones is 1. The van der Waals surface area contributed by atoms with Gasteiger partial charge in [0.2, 0.25) is 0 Å². The van der Waals surface area contributed by atoms with Crippen LogP contribution in [0, 0.1) is 0 Å². The molecule has 0 saturated carbocycles. The minimum atomic E-state index is 0.299. The first-order valence-corrected chi connectivity index (χ1v) is 8.27. The lowest BCUT2D eigenvalue weighted by Crippen LogP contribution is -1.98. The second-order valence-corrected chi connectivity index (χ2v) is 5.91. The van der Waals surface area contributed by atoms with Crippen LogP contribution in [-0.2, 0) is 10.5 Å². The Morgan fingerprint density at radius 3 is 2.59 bits per heavy atom. The lowest BCUT2D eigenvalue weighted by molar-refractivity contribution is -0.116. The maximum atomic E-state index is 11.0. The summed E-state index contributed by atoms with van der Waals surface area (Å²) in [5.74, 6) is 2.43. The second-order valence-electron chi connectivity index (χ2n) is 3.81. The largest absolute Gasteiger partial charge is 0.299 e. The molecule has 0 N–H and O–H groups in total. The third kappa shape index (κ3) is 7.12. The Balaban J connectivity index is 2.04. The van der Waals surface area contributed by atoms with Gasteiger partial charge in [-0.05, 0) is 36.3 Å². The van der Waals surface area contributed by atoms with Gasteiger partial charge in [0, 0.05) is 17.2 Å². The van der Waals surface area contributed by atoms with Gasteiger partial charge in [-0.15, -0.1) is 0 Å². The van der Waals surface area contributed by atoms with Gasteiger partial charge in [-0.2, -0.15) is 11.8 Å². The van der Waals surface area contributed by atoms with Crippen LogP contribution in [0.15, 0.2) is 24.3 Å². The molecular formula is C13H16BrClOS. The molecule has 1 nitrogen and oxygen atoms in total. The van der Waals surface area contributed by atoms with E-state index >= 15 is 0 Å². The van der Waals surface area contributed by atoms with Crippen molar-refractivity contribution < 1.29 is 4.79 Å².